The van der Waals surface area contributed by atoms with Crippen LogP contribution in [0.25, 0.3) is 0 Å². The highest BCUT2D eigenvalue weighted by Gasteiger charge is 2.27. The monoisotopic (exact) mass is 443 g/mol. The Morgan fingerprint density at radius 3 is 2.28 bits per heavy atom. The Kier molecular flexibility index (Phi) is 9.97. The first kappa shape index (κ1) is 25.7. The van der Waals surface area contributed by atoms with Crippen LogP contribution >= 0.6 is 0 Å². The summed E-state index contributed by atoms with van der Waals surface area (Å²) in [5.74, 6) is 1.05. The van der Waals surface area contributed by atoms with Gasteiger partial charge in [-0.1, -0.05) is 45.5 Å². The van der Waals surface area contributed by atoms with Crippen molar-refractivity contribution in [3.05, 3.63) is 65.5 Å². The first-order chi connectivity index (χ1) is 14.9. The molecule has 1 aliphatic heterocycles. The Bertz CT molecular complexity index is 816. The molecule has 0 aliphatic carbocycles. The van der Waals surface area contributed by atoms with Gasteiger partial charge in [0.05, 0.1) is 6.61 Å². The van der Waals surface area contributed by atoms with Crippen LogP contribution in [-0.4, -0.2) is 48.6 Å². The number of amides is 2. The average molecular weight is 444 g/mol. The summed E-state index contributed by atoms with van der Waals surface area (Å²) < 4.78 is 19.0. The van der Waals surface area contributed by atoms with Gasteiger partial charge in [-0.2, -0.15) is 0 Å². The molecule has 0 unspecified atom stereocenters. The number of nitrogens with one attached hydrogen (secondary N) is 1. The second-order valence-corrected chi connectivity index (χ2v) is 8.80. The number of rotatable bonds is 8. The molecule has 0 aromatic heterocycles. The summed E-state index contributed by atoms with van der Waals surface area (Å²) in [5.41, 5.74) is 1.96. The number of hydrogen-bond acceptors (Lipinski definition) is 3. The van der Waals surface area contributed by atoms with Gasteiger partial charge in [-0.3, -0.25) is 0 Å². The number of likely N-dealkylation sites (tertiary alicyclic amines) is 1. The van der Waals surface area contributed by atoms with E-state index < -0.39 is 0 Å². The summed E-state index contributed by atoms with van der Waals surface area (Å²) in [6.45, 7) is 7.78. The summed E-state index contributed by atoms with van der Waals surface area (Å²) in [6, 6.07) is 14.3. The molecule has 2 amide bonds. The largest absolute Gasteiger partial charge is 0.493 e. The van der Waals surface area contributed by atoms with Crippen LogP contribution in [0.1, 0.15) is 45.2 Å². The summed E-state index contributed by atoms with van der Waals surface area (Å²) in [5, 5.41) is 3.07. The second-order valence-electron chi connectivity index (χ2n) is 8.80. The highest BCUT2D eigenvalue weighted by Crippen LogP contribution is 2.19. The van der Waals surface area contributed by atoms with Crippen LogP contribution in [-0.2, 0) is 13.1 Å². The molecular formula is C26H38FN3O2. The number of hydrogen-bond donors (Lipinski definition) is 1. The van der Waals surface area contributed by atoms with Crippen LogP contribution in [0.3, 0.4) is 0 Å². The van der Waals surface area contributed by atoms with Gasteiger partial charge in [0.1, 0.15) is 11.6 Å². The van der Waals surface area contributed by atoms with Crippen LogP contribution in [0.4, 0.5) is 9.18 Å². The molecule has 2 aromatic carbocycles. The second kappa shape index (κ2) is 12.4. The predicted molar refractivity (Wildman–Crippen MR) is 128 cm³/mol. The first-order valence-corrected chi connectivity index (χ1v) is 11.1. The summed E-state index contributed by atoms with van der Waals surface area (Å²) in [7, 11) is 2.11. The standard InChI is InChI=1S/C25H34FN3O2.CH4/c1-19(2)18-31-24-10-6-20(7-11-24)16-27-25(30)29(23-12-14-28(3)15-13-23)17-21-4-8-22(26)9-5-21;/h4-11,19,23H,12-18H2,1-3H3,(H,27,30);1H4. The molecule has 1 heterocycles. The zero-order chi connectivity index (χ0) is 22.2. The van der Waals surface area contributed by atoms with Crippen LogP contribution in [0.2, 0.25) is 0 Å². The fraction of sp³-hybridized carbons (Fsp3) is 0.500. The average Bonchev–Trinajstić information content (AvgIpc) is 2.77. The topological polar surface area (TPSA) is 44.8 Å². The van der Waals surface area contributed by atoms with Crippen molar-refractivity contribution in [1.29, 1.82) is 0 Å². The van der Waals surface area contributed by atoms with Gasteiger partial charge in [-0.05, 0) is 74.3 Å². The lowest BCUT2D eigenvalue weighted by Gasteiger charge is -2.37. The molecule has 1 fully saturated rings. The van der Waals surface area contributed by atoms with Crippen molar-refractivity contribution < 1.29 is 13.9 Å². The van der Waals surface area contributed by atoms with Crippen LogP contribution in [0.5, 0.6) is 5.75 Å². The molecule has 0 saturated carbocycles. The minimum absolute atomic E-state index is 0. The summed E-state index contributed by atoms with van der Waals surface area (Å²) >= 11 is 0. The molecule has 1 saturated heterocycles. The van der Waals surface area contributed by atoms with E-state index in [1.165, 1.54) is 12.1 Å². The van der Waals surface area contributed by atoms with Gasteiger partial charge in [-0.25, -0.2) is 9.18 Å². The SMILES string of the molecule is C.CC(C)COc1ccc(CNC(=O)N(Cc2ccc(F)cc2)C2CCN(C)CC2)cc1. The highest BCUT2D eigenvalue weighted by atomic mass is 19.1. The van der Waals surface area contributed by atoms with Gasteiger partial charge in [0.25, 0.3) is 0 Å². The van der Waals surface area contributed by atoms with Crippen molar-refractivity contribution in [2.24, 2.45) is 5.92 Å². The fourth-order valence-corrected chi connectivity index (χ4v) is 3.71. The van der Waals surface area contributed by atoms with E-state index >= 15 is 0 Å². The molecule has 5 nitrogen and oxygen atoms in total. The number of piperidine rings is 1. The number of carbonyl (C=O) groups excluding carboxylic acids is 1. The van der Waals surface area contributed by atoms with E-state index in [1.807, 2.05) is 29.2 Å². The van der Waals surface area contributed by atoms with Gasteiger partial charge in [0.2, 0.25) is 0 Å². The van der Waals surface area contributed by atoms with Gasteiger partial charge < -0.3 is 19.9 Å². The van der Waals surface area contributed by atoms with E-state index in [4.69, 9.17) is 4.74 Å². The maximum absolute atomic E-state index is 13.3. The molecule has 1 N–H and O–H groups in total. The quantitative estimate of drug-likeness (QED) is 0.602. The smallest absolute Gasteiger partial charge is 0.318 e. The third-order valence-electron chi connectivity index (χ3n) is 5.61. The lowest BCUT2D eigenvalue weighted by molar-refractivity contribution is 0.127. The fourth-order valence-electron chi connectivity index (χ4n) is 3.71. The summed E-state index contributed by atoms with van der Waals surface area (Å²) in [4.78, 5) is 17.3. The zero-order valence-electron chi connectivity index (χ0n) is 18.8. The van der Waals surface area contributed by atoms with Crippen molar-refractivity contribution in [1.82, 2.24) is 15.1 Å². The molecule has 0 bridgehead atoms. The van der Waals surface area contributed by atoms with Crippen molar-refractivity contribution in [2.45, 2.75) is 53.2 Å². The van der Waals surface area contributed by atoms with Gasteiger partial charge in [-0.15, -0.1) is 0 Å². The highest BCUT2D eigenvalue weighted by molar-refractivity contribution is 5.74. The predicted octanol–water partition coefficient (Wildman–Crippen LogP) is 5.30. The molecule has 32 heavy (non-hydrogen) atoms. The number of halogens is 1. The first-order valence-electron chi connectivity index (χ1n) is 11.1. The van der Waals surface area contributed by atoms with E-state index in [0.717, 1.165) is 42.8 Å². The van der Waals surface area contributed by atoms with E-state index in [-0.39, 0.29) is 25.3 Å². The normalized spacial score (nSPS) is 14.7. The molecule has 2 aromatic rings. The number of ether oxygens (including phenoxy) is 1. The molecule has 1 aliphatic rings. The van der Waals surface area contributed by atoms with E-state index in [2.05, 4.69) is 31.1 Å². The van der Waals surface area contributed by atoms with Crippen LogP contribution in [0.15, 0.2) is 48.5 Å². The summed E-state index contributed by atoms with van der Waals surface area (Å²) in [6.07, 6.45) is 1.88. The molecule has 6 heteroatoms. The number of carbonyl (C=O) groups is 1. The lowest BCUT2D eigenvalue weighted by Crippen LogP contribution is -2.49. The van der Waals surface area contributed by atoms with Crippen molar-refractivity contribution >= 4 is 6.03 Å². The molecule has 0 atom stereocenters. The molecule has 0 spiro atoms. The minimum Gasteiger partial charge on any atom is -0.493 e. The molecular weight excluding hydrogens is 405 g/mol. The van der Waals surface area contributed by atoms with Gasteiger partial charge >= 0.3 is 6.03 Å². The zero-order valence-corrected chi connectivity index (χ0v) is 18.8. The number of benzene rings is 2. The van der Waals surface area contributed by atoms with Gasteiger partial charge in [0, 0.05) is 19.1 Å². The Hall–Kier alpha value is -2.60. The maximum Gasteiger partial charge on any atom is 0.318 e. The Balaban J connectivity index is 0.00000363. The van der Waals surface area contributed by atoms with E-state index in [9.17, 15) is 9.18 Å². The Labute approximate surface area is 192 Å². The third kappa shape index (κ3) is 7.83. The van der Waals surface area contributed by atoms with Gasteiger partial charge in [0.15, 0.2) is 0 Å². The molecule has 0 radical (unpaired) electrons. The van der Waals surface area contributed by atoms with Crippen molar-refractivity contribution in [3.63, 3.8) is 0 Å². The Morgan fingerprint density at radius 1 is 1.09 bits per heavy atom. The van der Waals surface area contributed by atoms with E-state index in [1.54, 1.807) is 12.1 Å². The number of nitrogens with zero attached hydrogens (tertiary/aromatic N) is 2. The van der Waals surface area contributed by atoms with E-state index in [0.29, 0.717) is 25.6 Å². The number of urea groups is 1. The molecule has 3 rings (SSSR count). The van der Waals surface area contributed by atoms with Crippen LogP contribution in [0, 0.1) is 11.7 Å². The lowest BCUT2D eigenvalue weighted by atomic mass is 10.0. The molecule has 176 valence electrons. The Morgan fingerprint density at radius 2 is 1.69 bits per heavy atom. The van der Waals surface area contributed by atoms with Crippen molar-refractivity contribution in [3.8, 4) is 5.75 Å². The maximum atomic E-state index is 13.3. The third-order valence-corrected chi connectivity index (χ3v) is 5.61. The van der Waals surface area contributed by atoms with Crippen LogP contribution < -0.4 is 10.1 Å². The van der Waals surface area contributed by atoms with Crippen molar-refractivity contribution in [2.75, 3.05) is 26.7 Å². The minimum atomic E-state index is -0.264.